The first-order valence-corrected chi connectivity index (χ1v) is 5.54. The third-order valence-electron chi connectivity index (χ3n) is 3.14. The first-order chi connectivity index (χ1) is 7.76. The van der Waals surface area contributed by atoms with Gasteiger partial charge in [-0.15, -0.1) is 0 Å². The molecule has 0 N–H and O–H groups in total. The summed E-state index contributed by atoms with van der Waals surface area (Å²) in [6, 6.07) is 8.63. The minimum atomic E-state index is -0.401. The molecule has 3 heteroatoms. The molecule has 0 unspecified atom stereocenters. The summed E-state index contributed by atoms with van der Waals surface area (Å²) in [4.78, 5) is 0. The van der Waals surface area contributed by atoms with E-state index >= 15 is 0 Å². The van der Waals surface area contributed by atoms with Crippen LogP contribution in [-0.2, 0) is 0 Å². The number of nitriles is 1. The second kappa shape index (κ2) is 4.52. The average molecular weight is 219 g/mol. The van der Waals surface area contributed by atoms with Gasteiger partial charge in [0.2, 0.25) is 0 Å². The highest BCUT2D eigenvalue weighted by Crippen LogP contribution is 2.37. The molecule has 0 aromatic heterocycles. The van der Waals surface area contributed by atoms with Gasteiger partial charge in [0.1, 0.15) is 6.61 Å². The summed E-state index contributed by atoms with van der Waals surface area (Å²) >= 11 is 0. The van der Waals surface area contributed by atoms with Crippen LogP contribution in [0.1, 0.15) is 25.7 Å². The molecule has 0 radical (unpaired) electrons. The van der Waals surface area contributed by atoms with Crippen LogP contribution in [0.3, 0.4) is 0 Å². The van der Waals surface area contributed by atoms with Crippen molar-refractivity contribution in [3.63, 3.8) is 0 Å². The van der Waals surface area contributed by atoms with Crippen LogP contribution in [0, 0.1) is 22.6 Å². The zero-order valence-electron chi connectivity index (χ0n) is 9.08. The molecule has 1 aliphatic carbocycles. The van der Waals surface area contributed by atoms with Crippen LogP contribution in [0.2, 0.25) is 0 Å². The maximum Gasteiger partial charge on any atom is 0.165 e. The third kappa shape index (κ3) is 2.16. The summed E-state index contributed by atoms with van der Waals surface area (Å²) in [7, 11) is 0. The molecule has 0 atom stereocenters. The number of ether oxygens (including phenoxy) is 1. The summed E-state index contributed by atoms with van der Waals surface area (Å²) in [6.45, 7) is 0.296. The smallest absolute Gasteiger partial charge is 0.165 e. The molecule has 0 aliphatic heterocycles. The highest BCUT2D eigenvalue weighted by atomic mass is 19.1. The molecule has 1 saturated carbocycles. The molecule has 2 rings (SSSR count). The minimum Gasteiger partial charge on any atom is -0.489 e. The quantitative estimate of drug-likeness (QED) is 0.781. The van der Waals surface area contributed by atoms with Gasteiger partial charge >= 0.3 is 0 Å². The van der Waals surface area contributed by atoms with Gasteiger partial charge in [-0.2, -0.15) is 5.26 Å². The fourth-order valence-electron chi connectivity index (χ4n) is 2.12. The van der Waals surface area contributed by atoms with Crippen LogP contribution in [0.5, 0.6) is 5.75 Å². The Kier molecular flexibility index (Phi) is 3.09. The Bertz CT molecular complexity index is 405. The highest BCUT2D eigenvalue weighted by molar-refractivity contribution is 5.24. The van der Waals surface area contributed by atoms with Crippen molar-refractivity contribution in [2.24, 2.45) is 5.41 Å². The number of hydrogen-bond acceptors (Lipinski definition) is 2. The Labute approximate surface area is 94.7 Å². The summed E-state index contributed by atoms with van der Waals surface area (Å²) < 4.78 is 18.7. The largest absolute Gasteiger partial charge is 0.489 e. The third-order valence-corrected chi connectivity index (χ3v) is 3.14. The summed E-state index contributed by atoms with van der Waals surface area (Å²) in [5.74, 6) is -0.127. The van der Waals surface area contributed by atoms with E-state index in [-0.39, 0.29) is 11.6 Å². The maximum atomic E-state index is 13.3. The van der Waals surface area contributed by atoms with Gasteiger partial charge in [0.05, 0.1) is 11.5 Å². The topological polar surface area (TPSA) is 33.0 Å². The van der Waals surface area contributed by atoms with Gasteiger partial charge in [0, 0.05) is 0 Å². The monoisotopic (exact) mass is 219 g/mol. The zero-order chi connectivity index (χ0) is 11.4. The highest BCUT2D eigenvalue weighted by Gasteiger charge is 2.35. The van der Waals surface area contributed by atoms with E-state index in [1.807, 2.05) is 0 Å². The average Bonchev–Trinajstić information content (AvgIpc) is 2.78. The Morgan fingerprint density at radius 2 is 2.00 bits per heavy atom. The summed E-state index contributed by atoms with van der Waals surface area (Å²) in [6.07, 6.45) is 3.85. The fourth-order valence-corrected chi connectivity index (χ4v) is 2.12. The van der Waals surface area contributed by atoms with Crippen molar-refractivity contribution in [2.45, 2.75) is 25.7 Å². The number of para-hydroxylation sites is 1. The number of benzene rings is 1. The summed E-state index contributed by atoms with van der Waals surface area (Å²) in [5.41, 5.74) is -0.401. The molecule has 1 fully saturated rings. The molecule has 0 bridgehead atoms. The molecular formula is C13H14FNO. The van der Waals surface area contributed by atoms with E-state index in [0.29, 0.717) is 6.61 Å². The van der Waals surface area contributed by atoms with Crippen LogP contribution in [-0.4, -0.2) is 6.61 Å². The molecule has 1 aromatic rings. The van der Waals surface area contributed by atoms with Gasteiger partial charge in [-0.3, -0.25) is 0 Å². The maximum absolute atomic E-state index is 13.3. The molecular weight excluding hydrogens is 205 g/mol. The minimum absolute atomic E-state index is 0.240. The Hall–Kier alpha value is -1.56. The van der Waals surface area contributed by atoms with Gasteiger partial charge in [-0.25, -0.2) is 4.39 Å². The van der Waals surface area contributed by atoms with Crippen LogP contribution >= 0.6 is 0 Å². The van der Waals surface area contributed by atoms with E-state index in [0.717, 1.165) is 25.7 Å². The molecule has 84 valence electrons. The fraction of sp³-hybridized carbons (Fsp3) is 0.462. The van der Waals surface area contributed by atoms with E-state index < -0.39 is 5.41 Å². The van der Waals surface area contributed by atoms with Crippen molar-refractivity contribution in [2.75, 3.05) is 6.61 Å². The first kappa shape index (κ1) is 10.9. The number of nitrogens with zero attached hydrogens (tertiary/aromatic N) is 1. The van der Waals surface area contributed by atoms with Crippen molar-refractivity contribution < 1.29 is 9.13 Å². The van der Waals surface area contributed by atoms with Crippen molar-refractivity contribution in [1.82, 2.24) is 0 Å². The van der Waals surface area contributed by atoms with Gasteiger partial charge in [-0.05, 0) is 25.0 Å². The van der Waals surface area contributed by atoms with E-state index in [4.69, 9.17) is 10.00 Å². The van der Waals surface area contributed by atoms with E-state index in [1.165, 1.54) is 6.07 Å². The standard InChI is InChI=1S/C13H14FNO/c14-11-5-1-2-6-12(11)16-10-13(9-15)7-3-4-8-13/h1-2,5-6H,3-4,7-8,10H2. The van der Waals surface area contributed by atoms with Crippen LogP contribution < -0.4 is 4.74 Å². The Morgan fingerprint density at radius 1 is 1.31 bits per heavy atom. The molecule has 2 nitrogen and oxygen atoms in total. The van der Waals surface area contributed by atoms with Crippen molar-refractivity contribution in [3.8, 4) is 11.8 Å². The molecule has 1 aromatic carbocycles. The van der Waals surface area contributed by atoms with E-state index in [9.17, 15) is 4.39 Å². The predicted octanol–water partition coefficient (Wildman–Crippen LogP) is 3.29. The zero-order valence-corrected chi connectivity index (χ0v) is 9.08. The van der Waals surface area contributed by atoms with Crippen LogP contribution in [0.4, 0.5) is 4.39 Å². The van der Waals surface area contributed by atoms with Crippen molar-refractivity contribution in [1.29, 1.82) is 5.26 Å². The van der Waals surface area contributed by atoms with E-state index in [1.54, 1.807) is 18.2 Å². The molecule has 0 saturated heterocycles. The van der Waals surface area contributed by atoms with E-state index in [2.05, 4.69) is 6.07 Å². The van der Waals surface area contributed by atoms with Gasteiger partial charge < -0.3 is 4.74 Å². The van der Waals surface area contributed by atoms with Crippen LogP contribution in [0.25, 0.3) is 0 Å². The molecule has 16 heavy (non-hydrogen) atoms. The normalized spacial score (nSPS) is 18.0. The first-order valence-electron chi connectivity index (χ1n) is 5.54. The van der Waals surface area contributed by atoms with Gasteiger partial charge in [0.15, 0.2) is 11.6 Å². The van der Waals surface area contributed by atoms with Crippen molar-refractivity contribution in [3.05, 3.63) is 30.1 Å². The molecule has 0 amide bonds. The molecule has 1 aliphatic rings. The van der Waals surface area contributed by atoms with Crippen molar-refractivity contribution >= 4 is 0 Å². The second-order valence-corrected chi connectivity index (χ2v) is 4.32. The lowest BCUT2D eigenvalue weighted by Crippen LogP contribution is -2.23. The lowest BCUT2D eigenvalue weighted by Gasteiger charge is -2.20. The lowest BCUT2D eigenvalue weighted by atomic mass is 9.89. The second-order valence-electron chi connectivity index (χ2n) is 4.32. The lowest BCUT2D eigenvalue weighted by molar-refractivity contribution is 0.194. The van der Waals surface area contributed by atoms with Crippen LogP contribution in [0.15, 0.2) is 24.3 Å². The number of hydrogen-bond donors (Lipinski definition) is 0. The SMILES string of the molecule is N#CC1(COc2ccccc2F)CCCC1. The Morgan fingerprint density at radius 3 is 2.62 bits per heavy atom. The molecule has 0 heterocycles. The number of halogens is 1. The van der Waals surface area contributed by atoms with Gasteiger partial charge in [-0.1, -0.05) is 25.0 Å². The Balaban J connectivity index is 2.02. The van der Waals surface area contributed by atoms with Gasteiger partial charge in [0.25, 0.3) is 0 Å². The predicted molar refractivity (Wildman–Crippen MR) is 58.4 cm³/mol. The number of rotatable bonds is 3. The molecule has 0 spiro atoms. The summed E-state index contributed by atoms with van der Waals surface area (Å²) in [5, 5.41) is 9.14.